The lowest BCUT2D eigenvalue weighted by Crippen LogP contribution is -1.99. The van der Waals surface area contributed by atoms with Crippen LogP contribution in [0.2, 0.25) is 5.02 Å². The molecule has 15 heavy (non-hydrogen) atoms. The molecule has 0 aliphatic heterocycles. The third-order valence-corrected chi connectivity index (χ3v) is 1.90. The number of methoxy groups -OCH3 is 1. The van der Waals surface area contributed by atoms with Crippen LogP contribution in [0.5, 0.6) is 5.88 Å². The summed E-state index contributed by atoms with van der Waals surface area (Å²) in [7, 11) is 1.13. The van der Waals surface area contributed by atoms with Crippen molar-refractivity contribution in [2.45, 2.75) is 6.43 Å². The Balaban J connectivity index is 3.38. The Morgan fingerprint density at radius 2 is 2.27 bits per heavy atom. The van der Waals surface area contributed by atoms with Crippen LogP contribution in [0.4, 0.5) is 14.5 Å². The summed E-state index contributed by atoms with van der Waals surface area (Å²) in [5.74, 6) is -0.388. The number of aromatic nitrogens is 1. The maximum Gasteiger partial charge on any atom is 0.295 e. The molecule has 0 spiro atoms. The average Bonchev–Trinajstić information content (AvgIpc) is 2.17. The second kappa shape index (κ2) is 4.35. The summed E-state index contributed by atoms with van der Waals surface area (Å²) in [6, 6.07) is 0.621. The number of hydrogen-bond acceptors (Lipinski definition) is 4. The molecule has 1 heterocycles. The molecule has 0 N–H and O–H groups in total. The maximum absolute atomic E-state index is 12.3. The topological polar surface area (TPSA) is 65.3 Å². The molecule has 0 aliphatic carbocycles. The number of nitrogens with zero attached hydrogens (tertiary/aromatic N) is 2. The summed E-state index contributed by atoms with van der Waals surface area (Å²) in [4.78, 5) is 12.9. The number of halogens is 3. The summed E-state index contributed by atoms with van der Waals surface area (Å²) in [6.45, 7) is 0. The standard InChI is InChI=1S/C7H5ClF2N2O3/c1-15-7-5(8)4(12(13)14)2-3(11-7)6(9)10/h2,6H,1H3. The predicted octanol–water partition coefficient (Wildman–Crippen LogP) is 2.59. The third-order valence-electron chi connectivity index (χ3n) is 1.54. The first kappa shape index (κ1) is 11.6. The van der Waals surface area contributed by atoms with Crippen LogP contribution < -0.4 is 4.74 Å². The highest BCUT2D eigenvalue weighted by Gasteiger charge is 2.23. The number of rotatable bonds is 3. The molecule has 0 radical (unpaired) electrons. The summed E-state index contributed by atoms with van der Waals surface area (Å²) in [6.07, 6.45) is -2.92. The van der Waals surface area contributed by atoms with E-state index in [-0.39, 0.29) is 5.88 Å². The Labute approximate surface area is 87.8 Å². The van der Waals surface area contributed by atoms with Crippen molar-refractivity contribution >= 4 is 17.3 Å². The number of nitro groups is 1. The van der Waals surface area contributed by atoms with Crippen LogP contribution in [-0.2, 0) is 0 Å². The number of pyridine rings is 1. The zero-order valence-electron chi connectivity index (χ0n) is 7.41. The van der Waals surface area contributed by atoms with Crippen molar-refractivity contribution in [3.05, 3.63) is 26.9 Å². The molecule has 1 aromatic heterocycles. The van der Waals surface area contributed by atoms with Crippen molar-refractivity contribution in [3.8, 4) is 5.88 Å². The molecule has 0 fully saturated rings. The van der Waals surface area contributed by atoms with E-state index in [0.717, 1.165) is 7.11 Å². The van der Waals surface area contributed by atoms with Crippen LogP contribution in [0.1, 0.15) is 12.1 Å². The molecule has 0 aliphatic rings. The highest BCUT2D eigenvalue weighted by molar-refractivity contribution is 6.33. The Morgan fingerprint density at radius 1 is 1.67 bits per heavy atom. The van der Waals surface area contributed by atoms with Gasteiger partial charge in [-0.2, -0.15) is 0 Å². The van der Waals surface area contributed by atoms with Gasteiger partial charge in [-0.15, -0.1) is 0 Å². The normalized spacial score (nSPS) is 10.5. The molecule has 1 aromatic rings. The molecular weight excluding hydrogens is 234 g/mol. The fraction of sp³-hybridized carbons (Fsp3) is 0.286. The van der Waals surface area contributed by atoms with Gasteiger partial charge < -0.3 is 4.74 Å². The van der Waals surface area contributed by atoms with E-state index in [1.165, 1.54) is 0 Å². The number of ether oxygens (including phenoxy) is 1. The van der Waals surface area contributed by atoms with Gasteiger partial charge in [-0.25, -0.2) is 13.8 Å². The molecule has 0 bridgehead atoms. The van der Waals surface area contributed by atoms with Gasteiger partial charge in [-0.3, -0.25) is 10.1 Å². The number of hydrogen-bond donors (Lipinski definition) is 0. The quantitative estimate of drug-likeness (QED) is 0.600. The lowest BCUT2D eigenvalue weighted by atomic mass is 10.3. The van der Waals surface area contributed by atoms with Gasteiger partial charge in [-0.05, 0) is 0 Å². The first-order chi connectivity index (χ1) is 6.97. The van der Waals surface area contributed by atoms with Crippen LogP contribution in [-0.4, -0.2) is 17.0 Å². The summed E-state index contributed by atoms with van der Waals surface area (Å²) in [5.41, 5.74) is -1.40. The molecule has 0 amide bonds. The Bertz CT molecular complexity index is 400. The van der Waals surface area contributed by atoms with E-state index in [1.54, 1.807) is 0 Å². The van der Waals surface area contributed by atoms with Crippen LogP contribution in [0.3, 0.4) is 0 Å². The van der Waals surface area contributed by atoms with Gasteiger partial charge in [0.05, 0.1) is 12.0 Å². The van der Waals surface area contributed by atoms with Crippen molar-refractivity contribution in [2.24, 2.45) is 0 Å². The summed E-state index contributed by atoms with van der Waals surface area (Å²) in [5, 5.41) is 10.1. The fourth-order valence-corrected chi connectivity index (χ4v) is 1.13. The molecule has 82 valence electrons. The Hall–Kier alpha value is -1.50. The monoisotopic (exact) mass is 238 g/mol. The summed E-state index contributed by atoms with van der Waals surface area (Å²) < 4.78 is 29.1. The molecule has 0 saturated heterocycles. The van der Waals surface area contributed by atoms with Crippen LogP contribution >= 0.6 is 11.6 Å². The highest BCUT2D eigenvalue weighted by Crippen LogP contribution is 2.34. The number of alkyl halides is 2. The smallest absolute Gasteiger partial charge is 0.295 e. The van der Waals surface area contributed by atoms with Gasteiger partial charge >= 0.3 is 0 Å². The molecule has 0 unspecified atom stereocenters. The van der Waals surface area contributed by atoms with Crippen molar-refractivity contribution in [2.75, 3.05) is 7.11 Å². The largest absolute Gasteiger partial charge is 0.480 e. The second-order valence-corrected chi connectivity index (χ2v) is 2.83. The lowest BCUT2D eigenvalue weighted by Gasteiger charge is -2.05. The average molecular weight is 239 g/mol. The maximum atomic E-state index is 12.3. The van der Waals surface area contributed by atoms with E-state index in [1.807, 2.05) is 0 Å². The third kappa shape index (κ3) is 2.30. The van der Waals surface area contributed by atoms with Gasteiger partial charge in [0.2, 0.25) is 5.88 Å². The van der Waals surface area contributed by atoms with E-state index in [0.29, 0.717) is 6.07 Å². The molecule has 0 atom stereocenters. The minimum atomic E-state index is -2.92. The van der Waals surface area contributed by atoms with Gasteiger partial charge in [0, 0.05) is 6.07 Å². The van der Waals surface area contributed by atoms with E-state index in [2.05, 4.69) is 9.72 Å². The van der Waals surface area contributed by atoms with Crippen molar-refractivity contribution in [1.82, 2.24) is 4.98 Å². The van der Waals surface area contributed by atoms with Crippen molar-refractivity contribution in [1.29, 1.82) is 0 Å². The van der Waals surface area contributed by atoms with Crippen LogP contribution in [0.25, 0.3) is 0 Å². The molecular formula is C7H5ClF2N2O3. The first-order valence-electron chi connectivity index (χ1n) is 3.64. The molecule has 0 aromatic carbocycles. The fourth-order valence-electron chi connectivity index (χ4n) is 0.891. The lowest BCUT2D eigenvalue weighted by molar-refractivity contribution is -0.384. The van der Waals surface area contributed by atoms with Crippen molar-refractivity contribution < 1.29 is 18.4 Å². The SMILES string of the molecule is COc1nc(C(F)F)cc([N+](=O)[O-])c1Cl. The minimum Gasteiger partial charge on any atom is -0.480 e. The zero-order chi connectivity index (χ0) is 11.6. The van der Waals surface area contributed by atoms with Gasteiger partial charge in [0.1, 0.15) is 5.69 Å². The molecule has 8 heteroatoms. The Kier molecular flexibility index (Phi) is 3.35. The van der Waals surface area contributed by atoms with E-state index >= 15 is 0 Å². The van der Waals surface area contributed by atoms with Gasteiger partial charge in [0.25, 0.3) is 12.1 Å². The van der Waals surface area contributed by atoms with Gasteiger partial charge in [0.15, 0.2) is 5.02 Å². The van der Waals surface area contributed by atoms with E-state index < -0.39 is 27.8 Å². The predicted molar refractivity (Wildman–Crippen MR) is 47.4 cm³/mol. The minimum absolute atomic E-state index is 0.388. The van der Waals surface area contributed by atoms with Crippen LogP contribution in [0.15, 0.2) is 6.07 Å². The molecule has 1 rings (SSSR count). The van der Waals surface area contributed by atoms with Crippen LogP contribution in [0, 0.1) is 10.1 Å². The first-order valence-corrected chi connectivity index (χ1v) is 4.02. The van der Waals surface area contributed by atoms with Crippen molar-refractivity contribution in [3.63, 3.8) is 0 Å². The highest BCUT2D eigenvalue weighted by atomic mass is 35.5. The zero-order valence-corrected chi connectivity index (χ0v) is 8.16. The summed E-state index contributed by atoms with van der Waals surface area (Å²) >= 11 is 5.51. The molecule has 5 nitrogen and oxygen atoms in total. The van der Waals surface area contributed by atoms with E-state index in [4.69, 9.17) is 11.6 Å². The van der Waals surface area contributed by atoms with Gasteiger partial charge in [-0.1, -0.05) is 11.6 Å². The Morgan fingerprint density at radius 3 is 2.67 bits per heavy atom. The van der Waals surface area contributed by atoms with E-state index in [9.17, 15) is 18.9 Å². The molecule has 0 saturated carbocycles. The second-order valence-electron chi connectivity index (χ2n) is 2.45.